The van der Waals surface area contributed by atoms with Crippen LogP contribution in [-0.2, 0) is 11.2 Å². The Morgan fingerprint density at radius 3 is 2.59 bits per heavy atom. The fourth-order valence-electron chi connectivity index (χ4n) is 1.50. The molecule has 1 rings (SSSR count). The van der Waals surface area contributed by atoms with E-state index in [2.05, 4.69) is 5.32 Å². The molecule has 92 valence electrons. The van der Waals surface area contributed by atoms with Gasteiger partial charge in [0.2, 0.25) is 5.91 Å². The summed E-state index contributed by atoms with van der Waals surface area (Å²) in [6.07, 6.45) is 0.868. The van der Waals surface area contributed by atoms with Gasteiger partial charge in [-0.15, -0.1) is 0 Å². The standard InChI is InChI=1S/C12H17N3O2/c1-3-9-6-4-5-7-10(9)14-8(2)11(16)15-12(13)17/h4-8,14H,3H2,1-2H3,(H3,13,15,16,17). The van der Waals surface area contributed by atoms with Crippen molar-refractivity contribution in [3.63, 3.8) is 0 Å². The van der Waals surface area contributed by atoms with Gasteiger partial charge in [0, 0.05) is 5.69 Å². The molecule has 5 heteroatoms. The van der Waals surface area contributed by atoms with Crippen LogP contribution in [0.15, 0.2) is 24.3 Å². The first kappa shape index (κ1) is 13.0. The molecule has 5 nitrogen and oxygen atoms in total. The molecule has 4 N–H and O–H groups in total. The minimum atomic E-state index is -0.840. The van der Waals surface area contributed by atoms with Crippen LogP contribution in [-0.4, -0.2) is 18.0 Å². The van der Waals surface area contributed by atoms with Crippen molar-refractivity contribution >= 4 is 17.6 Å². The number of aryl methyl sites for hydroxylation is 1. The van der Waals surface area contributed by atoms with Crippen molar-refractivity contribution in [3.05, 3.63) is 29.8 Å². The van der Waals surface area contributed by atoms with Crippen LogP contribution in [0.3, 0.4) is 0 Å². The number of carbonyl (C=O) groups excluding carboxylic acids is 2. The second kappa shape index (κ2) is 5.89. The van der Waals surface area contributed by atoms with E-state index < -0.39 is 18.0 Å². The van der Waals surface area contributed by atoms with Crippen molar-refractivity contribution < 1.29 is 9.59 Å². The molecule has 0 aliphatic heterocycles. The van der Waals surface area contributed by atoms with Gasteiger partial charge < -0.3 is 11.1 Å². The average molecular weight is 235 g/mol. The van der Waals surface area contributed by atoms with Crippen molar-refractivity contribution in [3.8, 4) is 0 Å². The first-order chi connectivity index (χ1) is 8.04. The molecule has 0 aromatic heterocycles. The van der Waals surface area contributed by atoms with Gasteiger partial charge >= 0.3 is 6.03 Å². The van der Waals surface area contributed by atoms with Gasteiger partial charge in [0.15, 0.2) is 0 Å². The number of hydrogen-bond donors (Lipinski definition) is 3. The van der Waals surface area contributed by atoms with Crippen molar-refractivity contribution in [1.82, 2.24) is 5.32 Å². The summed E-state index contributed by atoms with van der Waals surface area (Å²) in [4.78, 5) is 22.0. The molecular weight excluding hydrogens is 218 g/mol. The lowest BCUT2D eigenvalue weighted by molar-refractivity contribution is -0.120. The van der Waals surface area contributed by atoms with Crippen molar-refractivity contribution in [1.29, 1.82) is 0 Å². The van der Waals surface area contributed by atoms with Crippen LogP contribution in [0.1, 0.15) is 19.4 Å². The smallest absolute Gasteiger partial charge is 0.318 e. The van der Waals surface area contributed by atoms with E-state index in [1.807, 2.05) is 36.5 Å². The molecular formula is C12H17N3O2. The minimum Gasteiger partial charge on any atom is -0.374 e. The Bertz CT molecular complexity index is 418. The highest BCUT2D eigenvalue weighted by atomic mass is 16.2. The monoisotopic (exact) mass is 235 g/mol. The number of carbonyl (C=O) groups is 2. The maximum Gasteiger partial charge on any atom is 0.318 e. The highest BCUT2D eigenvalue weighted by Crippen LogP contribution is 2.16. The summed E-state index contributed by atoms with van der Waals surface area (Å²) in [7, 11) is 0. The summed E-state index contributed by atoms with van der Waals surface area (Å²) in [5, 5.41) is 5.08. The third-order valence-corrected chi connectivity index (χ3v) is 2.41. The van der Waals surface area contributed by atoms with Gasteiger partial charge in [-0.25, -0.2) is 4.79 Å². The Hall–Kier alpha value is -2.04. The van der Waals surface area contributed by atoms with Gasteiger partial charge in [0.25, 0.3) is 0 Å². The van der Waals surface area contributed by atoms with E-state index in [9.17, 15) is 9.59 Å². The molecule has 0 aliphatic rings. The molecule has 17 heavy (non-hydrogen) atoms. The third kappa shape index (κ3) is 3.79. The summed E-state index contributed by atoms with van der Waals surface area (Å²) in [6, 6.07) is 6.36. The molecule has 0 fully saturated rings. The number of urea groups is 1. The van der Waals surface area contributed by atoms with E-state index >= 15 is 0 Å². The fourth-order valence-corrected chi connectivity index (χ4v) is 1.50. The van der Waals surface area contributed by atoms with Crippen molar-refractivity contribution in [2.24, 2.45) is 5.73 Å². The lowest BCUT2D eigenvalue weighted by Gasteiger charge is -2.16. The first-order valence-corrected chi connectivity index (χ1v) is 5.49. The minimum absolute atomic E-state index is 0.441. The number of para-hydroxylation sites is 1. The molecule has 0 saturated carbocycles. The fraction of sp³-hybridized carbons (Fsp3) is 0.333. The summed E-state index contributed by atoms with van der Waals surface area (Å²) >= 11 is 0. The Labute approximate surface area is 100 Å². The Morgan fingerprint density at radius 2 is 2.00 bits per heavy atom. The van der Waals surface area contributed by atoms with Crippen LogP contribution in [0.4, 0.5) is 10.5 Å². The number of rotatable bonds is 4. The maximum atomic E-state index is 11.5. The van der Waals surface area contributed by atoms with E-state index in [0.29, 0.717) is 0 Å². The van der Waals surface area contributed by atoms with E-state index in [1.165, 1.54) is 0 Å². The molecule has 0 radical (unpaired) electrons. The van der Waals surface area contributed by atoms with Gasteiger partial charge in [0.1, 0.15) is 6.04 Å². The van der Waals surface area contributed by atoms with Gasteiger partial charge in [-0.1, -0.05) is 25.1 Å². The topological polar surface area (TPSA) is 84.2 Å². The molecule has 0 spiro atoms. The number of imide groups is 1. The summed E-state index contributed by atoms with van der Waals surface area (Å²) in [6.45, 7) is 3.71. The number of anilines is 1. The predicted molar refractivity (Wildman–Crippen MR) is 66.6 cm³/mol. The largest absolute Gasteiger partial charge is 0.374 e. The normalized spacial score (nSPS) is 11.6. The van der Waals surface area contributed by atoms with E-state index in [0.717, 1.165) is 17.7 Å². The molecule has 1 unspecified atom stereocenters. The molecule has 0 bridgehead atoms. The zero-order valence-electron chi connectivity index (χ0n) is 9.99. The number of nitrogens with two attached hydrogens (primary N) is 1. The number of amides is 3. The Kier molecular flexibility index (Phi) is 4.51. The highest BCUT2D eigenvalue weighted by Gasteiger charge is 2.14. The van der Waals surface area contributed by atoms with Crippen LogP contribution in [0, 0.1) is 0 Å². The number of nitrogens with one attached hydrogen (secondary N) is 2. The third-order valence-electron chi connectivity index (χ3n) is 2.41. The predicted octanol–water partition coefficient (Wildman–Crippen LogP) is 1.24. The average Bonchev–Trinajstić information content (AvgIpc) is 2.28. The molecule has 1 aromatic carbocycles. The summed E-state index contributed by atoms with van der Waals surface area (Å²) < 4.78 is 0. The van der Waals surface area contributed by atoms with Crippen LogP contribution >= 0.6 is 0 Å². The Morgan fingerprint density at radius 1 is 1.35 bits per heavy atom. The van der Waals surface area contributed by atoms with Gasteiger partial charge in [0.05, 0.1) is 0 Å². The van der Waals surface area contributed by atoms with Crippen molar-refractivity contribution in [2.45, 2.75) is 26.3 Å². The van der Waals surface area contributed by atoms with Crippen LogP contribution < -0.4 is 16.4 Å². The lowest BCUT2D eigenvalue weighted by Crippen LogP contribution is -2.43. The van der Waals surface area contributed by atoms with Gasteiger partial charge in [-0.05, 0) is 25.0 Å². The molecule has 1 aromatic rings. The van der Waals surface area contributed by atoms with Gasteiger partial charge in [-0.3, -0.25) is 10.1 Å². The van der Waals surface area contributed by atoms with Crippen molar-refractivity contribution in [2.75, 3.05) is 5.32 Å². The zero-order valence-corrected chi connectivity index (χ0v) is 9.99. The van der Waals surface area contributed by atoms with Gasteiger partial charge in [-0.2, -0.15) is 0 Å². The lowest BCUT2D eigenvalue weighted by atomic mass is 10.1. The van der Waals surface area contributed by atoms with Crippen LogP contribution in [0.25, 0.3) is 0 Å². The van der Waals surface area contributed by atoms with E-state index in [-0.39, 0.29) is 0 Å². The summed E-state index contributed by atoms with van der Waals surface area (Å²) in [5.74, 6) is -0.441. The first-order valence-electron chi connectivity index (χ1n) is 5.49. The maximum absolute atomic E-state index is 11.5. The van der Waals surface area contributed by atoms with E-state index in [1.54, 1.807) is 6.92 Å². The number of hydrogen-bond acceptors (Lipinski definition) is 3. The van der Waals surface area contributed by atoms with Crippen LogP contribution in [0.5, 0.6) is 0 Å². The second-order valence-electron chi connectivity index (χ2n) is 3.73. The van der Waals surface area contributed by atoms with Crippen LogP contribution in [0.2, 0.25) is 0 Å². The number of benzene rings is 1. The molecule has 0 aliphatic carbocycles. The Balaban J connectivity index is 2.70. The second-order valence-corrected chi connectivity index (χ2v) is 3.73. The molecule has 0 heterocycles. The summed E-state index contributed by atoms with van der Waals surface area (Å²) in [5.41, 5.74) is 6.89. The molecule has 1 atom stereocenters. The molecule has 0 saturated heterocycles. The zero-order chi connectivity index (χ0) is 12.8. The SMILES string of the molecule is CCc1ccccc1NC(C)C(=O)NC(N)=O. The number of primary amides is 1. The highest BCUT2D eigenvalue weighted by molar-refractivity contribution is 5.97. The quantitative estimate of drug-likeness (QED) is 0.734. The van der Waals surface area contributed by atoms with E-state index in [4.69, 9.17) is 5.73 Å². The molecule has 3 amide bonds.